The van der Waals surface area contributed by atoms with E-state index >= 15 is 0 Å². The number of rotatable bonds is 26. The summed E-state index contributed by atoms with van der Waals surface area (Å²) in [6, 6.07) is -1.52. The van der Waals surface area contributed by atoms with E-state index in [0.29, 0.717) is 12.8 Å². The van der Waals surface area contributed by atoms with E-state index in [-0.39, 0.29) is 19.4 Å². The van der Waals surface area contributed by atoms with Crippen molar-refractivity contribution in [2.24, 2.45) is 5.73 Å². The minimum absolute atomic E-state index is 0.125. The Bertz CT molecular complexity index is 859. The molecule has 0 heterocycles. The third-order valence-electron chi connectivity index (χ3n) is 5.65. The van der Waals surface area contributed by atoms with E-state index < -0.39 is 51.1 Å². The average Bonchev–Trinajstić information content (AvgIpc) is 2.93. The second-order valence-corrected chi connectivity index (χ2v) is 11.0. The number of carboxylic acid groups (broad SMARTS) is 1. The Balaban J connectivity index is 4.56. The van der Waals surface area contributed by atoms with Gasteiger partial charge in [0.05, 0.1) is 13.2 Å². The first-order valence-corrected chi connectivity index (χ1v) is 16.0. The van der Waals surface area contributed by atoms with Gasteiger partial charge in [-0.1, -0.05) is 76.0 Å². The van der Waals surface area contributed by atoms with Crippen molar-refractivity contribution >= 4 is 25.7 Å². The highest BCUT2D eigenvalue weighted by Gasteiger charge is 2.28. The molecule has 4 N–H and O–H groups in total. The van der Waals surface area contributed by atoms with Crippen molar-refractivity contribution in [2.75, 3.05) is 19.8 Å². The number of ether oxygens (including phenoxy) is 2. The predicted molar refractivity (Wildman–Crippen MR) is 157 cm³/mol. The van der Waals surface area contributed by atoms with Crippen molar-refractivity contribution in [3.63, 3.8) is 0 Å². The molecule has 0 aliphatic heterocycles. The summed E-state index contributed by atoms with van der Waals surface area (Å²) in [5, 5.41) is 8.77. The number of nitrogens with two attached hydrogens (primary N) is 1. The van der Waals surface area contributed by atoms with E-state index in [0.717, 1.165) is 57.8 Å². The van der Waals surface area contributed by atoms with Crippen LogP contribution < -0.4 is 5.73 Å². The predicted octanol–water partition coefficient (Wildman–Crippen LogP) is 5.77. The van der Waals surface area contributed by atoms with Crippen molar-refractivity contribution in [3.8, 4) is 0 Å². The van der Waals surface area contributed by atoms with E-state index in [1.165, 1.54) is 0 Å². The van der Waals surface area contributed by atoms with Gasteiger partial charge in [0.2, 0.25) is 0 Å². The zero-order valence-corrected chi connectivity index (χ0v) is 25.5. The third-order valence-corrected chi connectivity index (χ3v) is 6.60. The summed E-state index contributed by atoms with van der Waals surface area (Å²) < 4.78 is 32.0. The second kappa shape index (κ2) is 25.4. The van der Waals surface area contributed by atoms with E-state index in [1.807, 2.05) is 0 Å². The monoisotopic (exact) mass is 603 g/mol. The maximum absolute atomic E-state index is 12.4. The van der Waals surface area contributed by atoms with Crippen LogP contribution >= 0.6 is 7.82 Å². The first-order valence-electron chi connectivity index (χ1n) is 14.5. The lowest BCUT2D eigenvalue weighted by molar-refractivity contribution is -0.161. The summed E-state index contributed by atoms with van der Waals surface area (Å²) in [4.78, 5) is 45.0. The van der Waals surface area contributed by atoms with Crippen molar-refractivity contribution in [3.05, 3.63) is 36.5 Å². The number of aliphatic carboxylic acids is 1. The minimum Gasteiger partial charge on any atom is -0.480 e. The molecule has 0 saturated heterocycles. The van der Waals surface area contributed by atoms with Crippen LogP contribution in [-0.2, 0) is 37.5 Å². The molecule has 0 bridgehead atoms. The number of phosphoric ester groups is 1. The van der Waals surface area contributed by atoms with Crippen LogP contribution in [0.2, 0.25) is 0 Å². The Morgan fingerprint density at radius 2 is 1.37 bits per heavy atom. The van der Waals surface area contributed by atoms with Gasteiger partial charge in [0.25, 0.3) is 0 Å². The fraction of sp³-hybridized carbons (Fsp3) is 0.690. The largest absolute Gasteiger partial charge is 0.480 e. The van der Waals surface area contributed by atoms with Gasteiger partial charge in [-0.05, 0) is 44.9 Å². The molecule has 12 heteroatoms. The molecule has 0 aromatic heterocycles. The smallest absolute Gasteiger partial charge is 0.472 e. The Kier molecular flexibility index (Phi) is 24.0. The minimum atomic E-state index is -4.70. The number of phosphoric acid groups is 1. The highest BCUT2D eigenvalue weighted by molar-refractivity contribution is 7.47. The van der Waals surface area contributed by atoms with E-state index in [1.54, 1.807) is 0 Å². The van der Waals surface area contributed by atoms with Gasteiger partial charge in [-0.2, -0.15) is 0 Å². The van der Waals surface area contributed by atoms with E-state index in [2.05, 4.69) is 54.8 Å². The number of allylic oxidation sites excluding steroid dienone is 6. The maximum Gasteiger partial charge on any atom is 0.472 e. The Labute approximate surface area is 244 Å². The van der Waals surface area contributed by atoms with Gasteiger partial charge in [-0.15, -0.1) is 0 Å². The first kappa shape index (κ1) is 38.7. The number of carbonyl (C=O) groups is 3. The van der Waals surface area contributed by atoms with Gasteiger partial charge in [0.1, 0.15) is 12.6 Å². The summed E-state index contributed by atoms with van der Waals surface area (Å²) in [6.45, 7) is 2.44. The molecule has 0 radical (unpaired) electrons. The van der Waals surface area contributed by atoms with Crippen LogP contribution in [0.1, 0.15) is 97.3 Å². The highest BCUT2D eigenvalue weighted by Crippen LogP contribution is 2.43. The number of unbranched alkanes of at least 4 members (excludes halogenated alkanes) is 6. The van der Waals surface area contributed by atoms with Crippen LogP contribution in [0, 0.1) is 0 Å². The van der Waals surface area contributed by atoms with Gasteiger partial charge in [-0.3, -0.25) is 23.4 Å². The van der Waals surface area contributed by atoms with Gasteiger partial charge in [0, 0.05) is 12.8 Å². The van der Waals surface area contributed by atoms with Gasteiger partial charge in [0.15, 0.2) is 6.10 Å². The van der Waals surface area contributed by atoms with Crippen LogP contribution in [0.15, 0.2) is 36.5 Å². The zero-order chi connectivity index (χ0) is 30.8. The van der Waals surface area contributed by atoms with Gasteiger partial charge < -0.3 is 25.2 Å². The Morgan fingerprint density at radius 3 is 2.00 bits per heavy atom. The fourth-order valence-corrected chi connectivity index (χ4v) is 4.09. The third kappa shape index (κ3) is 25.2. The Morgan fingerprint density at radius 1 is 0.780 bits per heavy atom. The van der Waals surface area contributed by atoms with Crippen LogP contribution in [-0.4, -0.2) is 59.9 Å². The highest BCUT2D eigenvalue weighted by atomic mass is 31.2. The van der Waals surface area contributed by atoms with Crippen LogP contribution in [0.25, 0.3) is 0 Å². The molecular weight excluding hydrogens is 553 g/mol. The lowest BCUT2D eigenvalue weighted by atomic mass is 10.1. The van der Waals surface area contributed by atoms with Crippen LogP contribution in [0.4, 0.5) is 0 Å². The molecule has 0 aliphatic carbocycles. The topological polar surface area (TPSA) is 172 Å². The molecule has 0 aliphatic rings. The molecule has 0 amide bonds. The van der Waals surface area contributed by atoms with Crippen LogP contribution in [0.3, 0.4) is 0 Å². The lowest BCUT2D eigenvalue weighted by Crippen LogP contribution is -2.34. The normalized spacial score (nSPS) is 14.8. The lowest BCUT2D eigenvalue weighted by Gasteiger charge is -2.20. The summed E-state index contributed by atoms with van der Waals surface area (Å²) >= 11 is 0. The standard InChI is InChI=1S/C29H50NO10P/c1-3-5-7-9-10-11-12-13-14-15-16-17-19-21-28(32)40-25(22-37-27(31)20-18-8-6-4-2)23-38-41(35,36)39-24-26(30)29(33)34/h5,7,10-11,13-14,25-26H,3-4,6,8-9,12,15-24,30H2,1-2H3,(H,33,34)(H,35,36)/b7-5-,11-10-,14-13-. The molecule has 0 rings (SSSR count). The number of esters is 2. The fourth-order valence-electron chi connectivity index (χ4n) is 3.31. The maximum atomic E-state index is 12.4. The summed E-state index contributed by atoms with van der Waals surface area (Å²) in [5.41, 5.74) is 5.26. The van der Waals surface area contributed by atoms with Crippen molar-refractivity contribution in [2.45, 2.75) is 109 Å². The summed E-state index contributed by atoms with van der Waals surface area (Å²) in [5.74, 6) is -2.45. The molecule has 0 aromatic carbocycles. The molecule has 11 nitrogen and oxygen atoms in total. The SMILES string of the molecule is CC/C=C\C/C=C\C/C=C\CCCCCC(=O)OC(COC(=O)CCCCCC)COP(=O)(O)OCC(N)C(=O)O. The number of carboxylic acids is 1. The molecule has 41 heavy (non-hydrogen) atoms. The summed E-state index contributed by atoms with van der Waals surface area (Å²) in [7, 11) is -4.70. The van der Waals surface area contributed by atoms with E-state index in [4.69, 9.17) is 24.8 Å². The van der Waals surface area contributed by atoms with E-state index in [9.17, 15) is 23.8 Å². The molecule has 0 aromatic rings. The van der Waals surface area contributed by atoms with Crippen molar-refractivity contribution < 1.29 is 47.5 Å². The number of hydrogen-bond acceptors (Lipinski definition) is 9. The van der Waals surface area contributed by atoms with Gasteiger partial charge >= 0.3 is 25.7 Å². The molecule has 0 spiro atoms. The van der Waals surface area contributed by atoms with Crippen molar-refractivity contribution in [1.29, 1.82) is 0 Å². The van der Waals surface area contributed by atoms with Crippen molar-refractivity contribution in [1.82, 2.24) is 0 Å². The quantitative estimate of drug-likeness (QED) is 0.0474. The molecule has 0 saturated carbocycles. The molecule has 3 unspecified atom stereocenters. The Hall–Kier alpha value is -2.30. The van der Waals surface area contributed by atoms with Crippen LogP contribution in [0.5, 0.6) is 0 Å². The molecule has 0 fully saturated rings. The molecule has 3 atom stereocenters. The second-order valence-electron chi connectivity index (χ2n) is 9.50. The molecule has 236 valence electrons. The molecular formula is C29H50NO10P. The number of carbonyl (C=O) groups excluding carboxylic acids is 2. The first-order chi connectivity index (χ1) is 19.6. The average molecular weight is 604 g/mol. The number of hydrogen-bond donors (Lipinski definition) is 3. The van der Waals surface area contributed by atoms with Gasteiger partial charge in [-0.25, -0.2) is 4.57 Å². The summed E-state index contributed by atoms with van der Waals surface area (Å²) in [6.07, 6.45) is 21.7. The zero-order valence-electron chi connectivity index (χ0n) is 24.6.